The summed E-state index contributed by atoms with van der Waals surface area (Å²) in [5, 5.41) is 7.59. The molecule has 0 bridgehead atoms. The van der Waals surface area contributed by atoms with Gasteiger partial charge < -0.3 is 15.4 Å². The van der Waals surface area contributed by atoms with E-state index in [1.165, 1.54) is 7.11 Å². The molecule has 0 heterocycles. The van der Waals surface area contributed by atoms with Crippen molar-refractivity contribution in [2.45, 2.75) is 0 Å². The number of rotatable bonds is 6. The summed E-state index contributed by atoms with van der Waals surface area (Å²) in [4.78, 5) is 22.6. The Morgan fingerprint density at radius 2 is 1.94 bits per heavy atom. The molecule has 6 nitrogen and oxygen atoms in total. The predicted molar refractivity (Wildman–Crippen MR) is 68.3 cm³/mol. The number of carbonyl (C=O) groups is 2. The van der Waals surface area contributed by atoms with Crippen LogP contribution in [-0.4, -0.2) is 38.7 Å². The van der Waals surface area contributed by atoms with Gasteiger partial charge in [0.25, 0.3) is 0 Å². The van der Waals surface area contributed by atoms with E-state index in [0.29, 0.717) is 13.2 Å². The van der Waals surface area contributed by atoms with Crippen LogP contribution < -0.4 is 16.0 Å². The first-order valence-corrected chi connectivity index (χ1v) is 5.58. The van der Waals surface area contributed by atoms with Gasteiger partial charge in [-0.15, -0.1) is 0 Å². The van der Waals surface area contributed by atoms with Crippen molar-refractivity contribution in [3.05, 3.63) is 30.3 Å². The van der Waals surface area contributed by atoms with Crippen molar-refractivity contribution >= 4 is 17.6 Å². The van der Waals surface area contributed by atoms with Crippen molar-refractivity contribution in [2.75, 3.05) is 32.1 Å². The molecule has 0 saturated carbocycles. The summed E-state index contributed by atoms with van der Waals surface area (Å²) in [5.74, 6) is -0.395. The number of anilines is 1. The standard InChI is InChI=1S/C12H17N3O3/c1-18-8-7-13-12(17)15-11(16)9-14-10-5-3-2-4-6-10/h2-6,14H,7-9H2,1H3,(H2,13,15,16,17). The minimum absolute atomic E-state index is 0.0434. The molecule has 0 unspecified atom stereocenters. The summed E-state index contributed by atoms with van der Waals surface area (Å²) in [7, 11) is 1.54. The molecule has 18 heavy (non-hydrogen) atoms. The first kappa shape index (κ1) is 14.0. The number of carbonyl (C=O) groups excluding carboxylic acids is 2. The number of amides is 3. The second-order valence-corrected chi connectivity index (χ2v) is 3.52. The Morgan fingerprint density at radius 3 is 2.61 bits per heavy atom. The van der Waals surface area contributed by atoms with Crippen LogP contribution in [0, 0.1) is 0 Å². The van der Waals surface area contributed by atoms with Crippen LogP contribution in [0.3, 0.4) is 0 Å². The molecule has 1 aromatic rings. The van der Waals surface area contributed by atoms with Gasteiger partial charge in [0.2, 0.25) is 5.91 Å². The molecule has 6 heteroatoms. The predicted octanol–water partition coefficient (Wildman–Crippen LogP) is 0.571. The van der Waals surface area contributed by atoms with Crippen molar-refractivity contribution in [1.29, 1.82) is 0 Å². The Morgan fingerprint density at radius 1 is 1.22 bits per heavy atom. The van der Waals surface area contributed by atoms with Gasteiger partial charge in [0.15, 0.2) is 0 Å². The van der Waals surface area contributed by atoms with Crippen molar-refractivity contribution in [3.63, 3.8) is 0 Å². The quantitative estimate of drug-likeness (QED) is 0.646. The van der Waals surface area contributed by atoms with Crippen LogP contribution in [0.2, 0.25) is 0 Å². The topological polar surface area (TPSA) is 79.5 Å². The van der Waals surface area contributed by atoms with Crippen LogP contribution in [0.5, 0.6) is 0 Å². The maximum Gasteiger partial charge on any atom is 0.321 e. The number of benzene rings is 1. The van der Waals surface area contributed by atoms with E-state index in [-0.39, 0.29) is 6.54 Å². The molecule has 98 valence electrons. The second-order valence-electron chi connectivity index (χ2n) is 3.52. The number of hydrogen-bond acceptors (Lipinski definition) is 4. The Labute approximate surface area is 106 Å². The first-order chi connectivity index (χ1) is 8.72. The smallest absolute Gasteiger partial charge is 0.321 e. The van der Waals surface area contributed by atoms with Gasteiger partial charge in [-0.1, -0.05) is 18.2 Å². The Hall–Kier alpha value is -2.08. The average molecular weight is 251 g/mol. The Balaban J connectivity index is 2.19. The molecule has 1 rings (SSSR count). The molecule has 0 atom stereocenters. The zero-order valence-electron chi connectivity index (χ0n) is 10.2. The van der Waals surface area contributed by atoms with E-state index in [0.717, 1.165) is 5.69 Å². The van der Waals surface area contributed by atoms with Crippen LogP contribution in [-0.2, 0) is 9.53 Å². The number of nitrogens with one attached hydrogen (secondary N) is 3. The lowest BCUT2D eigenvalue weighted by Crippen LogP contribution is -2.42. The Bertz CT molecular complexity index is 381. The lowest BCUT2D eigenvalue weighted by Gasteiger charge is -2.07. The van der Waals surface area contributed by atoms with Gasteiger partial charge in [-0.2, -0.15) is 0 Å². The lowest BCUT2D eigenvalue weighted by atomic mass is 10.3. The second kappa shape index (κ2) is 8.08. The number of imide groups is 1. The monoisotopic (exact) mass is 251 g/mol. The molecule has 0 radical (unpaired) electrons. The van der Waals surface area contributed by atoms with E-state index in [4.69, 9.17) is 4.74 Å². The van der Waals surface area contributed by atoms with Crippen LogP contribution >= 0.6 is 0 Å². The molecule has 0 fully saturated rings. The SMILES string of the molecule is COCCNC(=O)NC(=O)CNc1ccccc1. The zero-order chi connectivity index (χ0) is 13.2. The van der Waals surface area contributed by atoms with Gasteiger partial charge in [0.1, 0.15) is 0 Å². The minimum atomic E-state index is -0.521. The molecule has 1 aromatic carbocycles. The summed E-state index contributed by atoms with van der Waals surface area (Å²) in [6.45, 7) is 0.813. The van der Waals surface area contributed by atoms with E-state index in [9.17, 15) is 9.59 Å². The molecule has 0 spiro atoms. The fourth-order valence-corrected chi connectivity index (χ4v) is 1.22. The van der Waals surface area contributed by atoms with Crippen LogP contribution in [0.4, 0.5) is 10.5 Å². The van der Waals surface area contributed by atoms with Crippen molar-refractivity contribution < 1.29 is 14.3 Å². The fourth-order valence-electron chi connectivity index (χ4n) is 1.22. The molecule has 0 aliphatic heterocycles. The van der Waals surface area contributed by atoms with Crippen LogP contribution in [0.25, 0.3) is 0 Å². The highest BCUT2D eigenvalue weighted by Gasteiger charge is 2.06. The molecule has 3 amide bonds. The number of urea groups is 1. The zero-order valence-corrected chi connectivity index (χ0v) is 10.2. The van der Waals surface area contributed by atoms with Gasteiger partial charge in [-0.05, 0) is 12.1 Å². The van der Waals surface area contributed by atoms with E-state index in [2.05, 4.69) is 16.0 Å². The molecule has 0 saturated heterocycles. The number of hydrogen-bond donors (Lipinski definition) is 3. The van der Waals surface area contributed by atoms with Crippen molar-refractivity contribution in [2.24, 2.45) is 0 Å². The number of methoxy groups -OCH3 is 1. The first-order valence-electron chi connectivity index (χ1n) is 5.58. The fraction of sp³-hybridized carbons (Fsp3) is 0.333. The van der Waals surface area contributed by atoms with Gasteiger partial charge in [-0.25, -0.2) is 4.79 Å². The lowest BCUT2D eigenvalue weighted by molar-refractivity contribution is -0.118. The molecule has 3 N–H and O–H groups in total. The van der Waals surface area contributed by atoms with Crippen LogP contribution in [0.1, 0.15) is 0 Å². The van der Waals surface area contributed by atoms with Crippen molar-refractivity contribution in [3.8, 4) is 0 Å². The summed E-state index contributed by atoms with van der Waals surface area (Å²) < 4.78 is 4.76. The van der Waals surface area contributed by atoms with E-state index >= 15 is 0 Å². The normalized spacial score (nSPS) is 9.61. The largest absolute Gasteiger partial charge is 0.383 e. The average Bonchev–Trinajstić information content (AvgIpc) is 2.38. The van der Waals surface area contributed by atoms with Crippen molar-refractivity contribution in [1.82, 2.24) is 10.6 Å². The maximum atomic E-state index is 11.4. The van der Waals surface area contributed by atoms with Gasteiger partial charge in [0, 0.05) is 19.3 Å². The van der Waals surface area contributed by atoms with Gasteiger partial charge in [0.05, 0.1) is 13.2 Å². The van der Waals surface area contributed by atoms with Gasteiger partial charge in [-0.3, -0.25) is 10.1 Å². The third-order valence-electron chi connectivity index (χ3n) is 2.07. The Kier molecular flexibility index (Phi) is 6.27. The molecule has 0 aromatic heterocycles. The third kappa shape index (κ3) is 5.86. The summed E-state index contributed by atoms with van der Waals surface area (Å²) in [6.07, 6.45) is 0. The van der Waals surface area contributed by atoms with Crippen LogP contribution in [0.15, 0.2) is 30.3 Å². The summed E-state index contributed by atoms with van der Waals surface area (Å²) in [6, 6.07) is 8.76. The molecule has 0 aliphatic carbocycles. The number of ether oxygens (including phenoxy) is 1. The summed E-state index contributed by atoms with van der Waals surface area (Å²) >= 11 is 0. The molecular formula is C12H17N3O3. The maximum absolute atomic E-state index is 11.4. The van der Waals surface area contributed by atoms with E-state index in [1.807, 2.05) is 30.3 Å². The van der Waals surface area contributed by atoms with Gasteiger partial charge >= 0.3 is 6.03 Å². The number of para-hydroxylation sites is 1. The highest BCUT2D eigenvalue weighted by Crippen LogP contribution is 2.03. The van der Waals surface area contributed by atoms with E-state index < -0.39 is 11.9 Å². The summed E-state index contributed by atoms with van der Waals surface area (Å²) in [5.41, 5.74) is 0.826. The minimum Gasteiger partial charge on any atom is -0.383 e. The highest BCUT2D eigenvalue weighted by molar-refractivity contribution is 5.96. The third-order valence-corrected chi connectivity index (χ3v) is 2.07. The molecular weight excluding hydrogens is 234 g/mol. The highest BCUT2D eigenvalue weighted by atomic mass is 16.5. The van der Waals surface area contributed by atoms with E-state index in [1.54, 1.807) is 0 Å². The molecule has 0 aliphatic rings.